The third-order valence-corrected chi connectivity index (χ3v) is 2.58. The maximum absolute atomic E-state index is 8.74. The van der Waals surface area contributed by atoms with Crippen LogP contribution in [-0.4, -0.2) is 42.2 Å². The number of rotatable bonds is 5. The van der Waals surface area contributed by atoms with E-state index in [4.69, 9.17) is 10.2 Å². The Morgan fingerprint density at radius 1 is 1.27 bits per heavy atom. The van der Waals surface area contributed by atoms with Crippen molar-refractivity contribution in [2.75, 3.05) is 26.3 Å². The molecule has 0 aromatic carbocycles. The molecule has 1 aliphatic carbocycles. The molecule has 0 heterocycles. The quantitative estimate of drug-likeness (QED) is 0.620. The molecule has 0 spiro atoms. The summed E-state index contributed by atoms with van der Waals surface area (Å²) in [5.74, 6) is 0. The molecule has 0 bridgehead atoms. The van der Waals surface area contributed by atoms with Gasteiger partial charge in [-0.15, -0.1) is 0 Å². The highest BCUT2D eigenvalue weighted by atomic mass is 16.3. The Bertz CT molecular complexity index is 259. The second-order valence-electron chi connectivity index (χ2n) is 3.66. The van der Waals surface area contributed by atoms with Gasteiger partial charge in [0.1, 0.15) is 0 Å². The highest BCUT2D eigenvalue weighted by Gasteiger charge is 2.14. The molecule has 0 amide bonds. The molecule has 0 saturated carbocycles. The lowest BCUT2D eigenvalue weighted by Crippen LogP contribution is -2.24. The predicted molar refractivity (Wildman–Crippen MR) is 61.0 cm³/mol. The topological polar surface area (TPSA) is 64.8 Å². The van der Waals surface area contributed by atoms with Crippen LogP contribution in [0.3, 0.4) is 0 Å². The normalized spacial score (nSPS) is 19.8. The smallest absolute Gasteiger partial charge is 0.0627 e. The SMILES string of the molecule is CC1=C(NCCO)CCCC1=NCCO. The van der Waals surface area contributed by atoms with Gasteiger partial charge in [0.05, 0.1) is 19.8 Å². The number of hydrogen-bond acceptors (Lipinski definition) is 4. The summed E-state index contributed by atoms with van der Waals surface area (Å²) in [6, 6.07) is 0. The third-order valence-electron chi connectivity index (χ3n) is 2.58. The molecule has 3 N–H and O–H groups in total. The van der Waals surface area contributed by atoms with Crippen LogP contribution < -0.4 is 5.32 Å². The van der Waals surface area contributed by atoms with Gasteiger partial charge in [-0.3, -0.25) is 4.99 Å². The number of nitrogens with zero attached hydrogens (tertiary/aromatic N) is 1. The largest absolute Gasteiger partial charge is 0.395 e. The summed E-state index contributed by atoms with van der Waals surface area (Å²) in [6.45, 7) is 3.39. The number of allylic oxidation sites excluding steroid dienone is 2. The summed E-state index contributed by atoms with van der Waals surface area (Å²) in [5, 5.41) is 20.7. The molecule has 0 aromatic heterocycles. The van der Waals surface area contributed by atoms with E-state index >= 15 is 0 Å². The first-order valence-corrected chi connectivity index (χ1v) is 5.48. The Kier molecular flexibility index (Phi) is 5.36. The van der Waals surface area contributed by atoms with E-state index in [2.05, 4.69) is 17.2 Å². The molecule has 1 rings (SSSR count). The summed E-state index contributed by atoms with van der Waals surface area (Å²) in [6.07, 6.45) is 3.12. The van der Waals surface area contributed by atoms with E-state index in [0.717, 1.165) is 25.0 Å². The average Bonchev–Trinajstić information content (AvgIpc) is 2.26. The molecule has 0 radical (unpaired) electrons. The van der Waals surface area contributed by atoms with Gasteiger partial charge < -0.3 is 15.5 Å². The standard InChI is InChI=1S/C11H20N2O2/c1-9-10(12-5-7-14)3-2-4-11(9)13-6-8-15/h12,14-15H,2-8H2,1H3. The predicted octanol–water partition coefficient (Wildman–Crippen LogP) is 0.460. The molecule has 0 aliphatic heterocycles. The minimum absolute atomic E-state index is 0.107. The lowest BCUT2D eigenvalue weighted by Gasteiger charge is -2.20. The average molecular weight is 212 g/mol. The third kappa shape index (κ3) is 3.64. The first-order chi connectivity index (χ1) is 7.29. The van der Waals surface area contributed by atoms with Crippen LogP contribution in [0.5, 0.6) is 0 Å². The fourth-order valence-corrected chi connectivity index (χ4v) is 1.79. The van der Waals surface area contributed by atoms with Crippen molar-refractivity contribution in [1.82, 2.24) is 5.32 Å². The van der Waals surface area contributed by atoms with E-state index in [9.17, 15) is 0 Å². The van der Waals surface area contributed by atoms with E-state index in [1.54, 1.807) is 0 Å². The van der Waals surface area contributed by atoms with Crippen molar-refractivity contribution in [3.63, 3.8) is 0 Å². The maximum atomic E-state index is 8.74. The van der Waals surface area contributed by atoms with Crippen molar-refractivity contribution in [3.8, 4) is 0 Å². The zero-order chi connectivity index (χ0) is 11.1. The Morgan fingerprint density at radius 2 is 2.07 bits per heavy atom. The van der Waals surface area contributed by atoms with Crippen LogP contribution in [0.2, 0.25) is 0 Å². The summed E-state index contributed by atoms with van der Waals surface area (Å²) in [5.41, 5.74) is 3.46. The van der Waals surface area contributed by atoms with Crippen LogP contribution >= 0.6 is 0 Å². The van der Waals surface area contributed by atoms with Gasteiger partial charge in [0.25, 0.3) is 0 Å². The van der Waals surface area contributed by atoms with Gasteiger partial charge in [-0.25, -0.2) is 0 Å². The molecule has 0 atom stereocenters. The summed E-state index contributed by atoms with van der Waals surface area (Å²) in [4.78, 5) is 4.35. The van der Waals surface area contributed by atoms with Crippen molar-refractivity contribution in [1.29, 1.82) is 0 Å². The second kappa shape index (κ2) is 6.58. The van der Waals surface area contributed by atoms with Gasteiger partial charge in [-0.2, -0.15) is 0 Å². The second-order valence-corrected chi connectivity index (χ2v) is 3.66. The van der Waals surface area contributed by atoms with Gasteiger partial charge >= 0.3 is 0 Å². The minimum Gasteiger partial charge on any atom is -0.395 e. The molecule has 4 nitrogen and oxygen atoms in total. The monoisotopic (exact) mass is 212 g/mol. The molecule has 0 unspecified atom stereocenters. The molecule has 0 fully saturated rings. The summed E-state index contributed by atoms with van der Waals surface area (Å²) >= 11 is 0. The first-order valence-electron chi connectivity index (χ1n) is 5.48. The van der Waals surface area contributed by atoms with Crippen LogP contribution in [0.4, 0.5) is 0 Å². The Morgan fingerprint density at radius 3 is 2.73 bits per heavy atom. The Hall–Kier alpha value is -0.870. The number of aliphatic hydroxyl groups excluding tert-OH is 2. The molecule has 86 valence electrons. The van der Waals surface area contributed by atoms with Crippen LogP contribution in [0.1, 0.15) is 26.2 Å². The van der Waals surface area contributed by atoms with Crippen LogP contribution in [0.15, 0.2) is 16.3 Å². The van der Waals surface area contributed by atoms with Crippen molar-refractivity contribution in [3.05, 3.63) is 11.3 Å². The molecule has 15 heavy (non-hydrogen) atoms. The van der Waals surface area contributed by atoms with Gasteiger partial charge in [0.15, 0.2) is 0 Å². The van der Waals surface area contributed by atoms with Crippen molar-refractivity contribution in [2.45, 2.75) is 26.2 Å². The zero-order valence-corrected chi connectivity index (χ0v) is 9.29. The fraction of sp³-hybridized carbons (Fsp3) is 0.727. The maximum Gasteiger partial charge on any atom is 0.0627 e. The van der Waals surface area contributed by atoms with Crippen LogP contribution in [0, 0.1) is 0 Å². The number of hydrogen-bond donors (Lipinski definition) is 3. The fourth-order valence-electron chi connectivity index (χ4n) is 1.79. The molecule has 4 heteroatoms. The molecule has 1 aliphatic rings. The highest BCUT2D eigenvalue weighted by molar-refractivity contribution is 6.00. The summed E-state index contributed by atoms with van der Waals surface area (Å²) < 4.78 is 0. The highest BCUT2D eigenvalue weighted by Crippen LogP contribution is 2.20. The molecule has 0 aromatic rings. The van der Waals surface area contributed by atoms with E-state index in [0.29, 0.717) is 13.1 Å². The van der Waals surface area contributed by atoms with Crippen molar-refractivity contribution in [2.24, 2.45) is 4.99 Å². The first kappa shape index (κ1) is 12.2. The Balaban J connectivity index is 2.66. The number of aliphatic imine (C=N–C) groups is 1. The lowest BCUT2D eigenvalue weighted by atomic mass is 9.95. The summed E-state index contributed by atoms with van der Waals surface area (Å²) in [7, 11) is 0. The van der Waals surface area contributed by atoms with E-state index < -0.39 is 0 Å². The van der Waals surface area contributed by atoms with Crippen LogP contribution in [-0.2, 0) is 0 Å². The molecular weight excluding hydrogens is 192 g/mol. The Labute approximate surface area is 90.7 Å². The number of aliphatic hydroxyl groups is 2. The lowest BCUT2D eigenvalue weighted by molar-refractivity contribution is 0.296. The van der Waals surface area contributed by atoms with Gasteiger partial charge in [0.2, 0.25) is 0 Å². The van der Waals surface area contributed by atoms with Gasteiger partial charge in [0, 0.05) is 18.0 Å². The van der Waals surface area contributed by atoms with Crippen molar-refractivity contribution < 1.29 is 10.2 Å². The van der Waals surface area contributed by atoms with E-state index in [1.165, 1.54) is 11.3 Å². The van der Waals surface area contributed by atoms with Gasteiger partial charge in [-0.1, -0.05) is 0 Å². The van der Waals surface area contributed by atoms with Crippen molar-refractivity contribution >= 4 is 5.71 Å². The minimum atomic E-state index is 0.107. The van der Waals surface area contributed by atoms with Gasteiger partial charge in [-0.05, 0) is 31.8 Å². The zero-order valence-electron chi connectivity index (χ0n) is 9.29. The molecule has 0 saturated heterocycles. The van der Waals surface area contributed by atoms with Crippen LogP contribution in [0.25, 0.3) is 0 Å². The van der Waals surface area contributed by atoms with E-state index in [1.807, 2.05) is 0 Å². The molecular formula is C11H20N2O2. The number of nitrogens with one attached hydrogen (secondary N) is 1. The van der Waals surface area contributed by atoms with E-state index in [-0.39, 0.29) is 13.2 Å².